The Balaban J connectivity index is 0.000000300. The van der Waals surface area contributed by atoms with Crippen LogP contribution in [0.1, 0.15) is 69.2 Å². The number of hydrogen-bond donors (Lipinski definition) is 0. The molecule has 2 fully saturated rings. The summed E-state index contributed by atoms with van der Waals surface area (Å²) < 4.78 is 21.4. The molecule has 8 heteroatoms. The SMILES string of the molecule is C[C@@H]1COC[C@H](C)N1C(=O)OC(C)(C)C.C[C@H]1COC[C@H](C)N1C(=O)OC(C)(C)C. The Bertz CT molecular complexity index is 499. The van der Waals surface area contributed by atoms with Gasteiger partial charge in [-0.25, -0.2) is 9.59 Å². The lowest BCUT2D eigenvalue weighted by molar-refractivity contribution is -0.0519. The van der Waals surface area contributed by atoms with Gasteiger partial charge in [-0.1, -0.05) is 0 Å². The topological polar surface area (TPSA) is 77.5 Å². The van der Waals surface area contributed by atoms with E-state index in [1.54, 1.807) is 9.80 Å². The first-order valence-corrected chi connectivity index (χ1v) is 10.8. The summed E-state index contributed by atoms with van der Waals surface area (Å²) >= 11 is 0. The van der Waals surface area contributed by atoms with Crippen LogP contribution in [0.3, 0.4) is 0 Å². The molecule has 2 aliphatic heterocycles. The van der Waals surface area contributed by atoms with Crippen molar-refractivity contribution in [3.8, 4) is 0 Å². The van der Waals surface area contributed by atoms with Crippen molar-refractivity contribution < 1.29 is 28.5 Å². The number of amides is 2. The molecule has 4 atom stereocenters. The summed E-state index contributed by atoms with van der Waals surface area (Å²) in [6.45, 7) is 21.5. The van der Waals surface area contributed by atoms with Gasteiger partial charge in [0.05, 0.1) is 50.6 Å². The Kier molecular flexibility index (Phi) is 9.42. The van der Waals surface area contributed by atoms with Gasteiger partial charge in [0, 0.05) is 0 Å². The van der Waals surface area contributed by atoms with Gasteiger partial charge in [0.25, 0.3) is 0 Å². The lowest BCUT2D eigenvalue weighted by Crippen LogP contribution is -2.53. The Hall–Kier alpha value is -1.54. The maximum Gasteiger partial charge on any atom is 0.410 e. The third-order valence-corrected chi connectivity index (χ3v) is 4.54. The minimum absolute atomic E-state index is 0.0867. The molecule has 0 radical (unpaired) electrons. The third kappa shape index (κ3) is 8.68. The third-order valence-electron chi connectivity index (χ3n) is 4.54. The van der Waals surface area contributed by atoms with Crippen LogP contribution in [0.4, 0.5) is 9.59 Å². The predicted molar refractivity (Wildman–Crippen MR) is 116 cm³/mol. The van der Waals surface area contributed by atoms with Gasteiger partial charge in [0.1, 0.15) is 11.2 Å². The average molecular weight is 431 g/mol. The van der Waals surface area contributed by atoms with Crippen LogP contribution in [0.5, 0.6) is 0 Å². The molecule has 176 valence electrons. The highest BCUT2D eigenvalue weighted by Crippen LogP contribution is 2.19. The molecule has 8 nitrogen and oxygen atoms in total. The van der Waals surface area contributed by atoms with Crippen molar-refractivity contribution in [2.45, 2.75) is 105 Å². The van der Waals surface area contributed by atoms with Gasteiger partial charge in [-0.05, 0) is 69.2 Å². The molecule has 0 unspecified atom stereocenters. The van der Waals surface area contributed by atoms with Crippen LogP contribution < -0.4 is 0 Å². The minimum Gasteiger partial charge on any atom is -0.444 e. The molecule has 0 saturated carbocycles. The maximum atomic E-state index is 11.9. The number of rotatable bonds is 0. The predicted octanol–water partition coefficient (Wildman–Crippen LogP) is 4.06. The fourth-order valence-corrected chi connectivity index (χ4v) is 3.36. The van der Waals surface area contributed by atoms with Crippen molar-refractivity contribution in [3.05, 3.63) is 0 Å². The maximum absolute atomic E-state index is 11.9. The van der Waals surface area contributed by atoms with E-state index in [1.165, 1.54) is 0 Å². The summed E-state index contributed by atoms with van der Waals surface area (Å²) in [6.07, 6.45) is -0.489. The zero-order chi connectivity index (χ0) is 23.3. The second-order valence-corrected chi connectivity index (χ2v) is 10.2. The number of hydrogen-bond acceptors (Lipinski definition) is 6. The zero-order valence-corrected chi connectivity index (χ0v) is 20.5. The monoisotopic (exact) mass is 430 g/mol. The number of nitrogens with zero attached hydrogens (tertiary/aromatic N) is 2. The lowest BCUT2D eigenvalue weighted by atomic mass is 10.2. The highest BCUT2D eigenvalue weighted by molar-refractivity contribution is 5.69. The molecule has 0 aromatic carbocycles. The van der Waals surface area contributed by atoms with Gasteiger partial charge >= 0.3 is 12.2 Å². The molecule has 0 bridgehead atoms. The molecule has 2 amide bonds. The first-order chi connectivity index (χ1) is 13.6. The molecule has 0 spiro atoms. The van der Waals surface area contributed by atoms with E-state index in [0.29, 0.717) is 26.4 Å². The van der Waals surface area contributed by atoms with Gasteiger partial charge in [-0.3, -0.25) is 9.80 Å². The first kappa shape index (κ1) is 26.5. The molecule has 2 heterocycles. The number of morpholine rings is 2. The fourth-order valence-electron chi connectivity index (χ4n) is 3.36. The summed E-state index contributed by atoms with van der Waals surface area (Å²) in [5, 5.41) is 0. The molecular weight excluding hydrogens is 388 g/mol. The summed E-state index contributed by atoms with van der Waals surface area (Å²) in [5.41, 5.74) is -0.871. The van der Waals surface area contributed by atoms with Crippen LogP contribution in [-0.4, -0.2) is 83.8 Å². The van der Waals surface area contributed by atoms with E-state index < -0.39 is 11.2 Å². The fraction of sp³-hybridized carbons (Fsp3) is 0.909. The van der Waals surface area contributed by atoms with E-state index in [0.717, 1.165) is 0 Å². The number of ether oxygens (including phenoxy) is 4. The number of carbonyl (C=O) groups excluding carboxylic acids is 2. The van der Waals surface area contributed by atoms with E-state index >= 15 is 0 Å². The first-order valence-electron chi connectivity index (χ1n) is 10.8. The van der Waals surface area contributed by atoms with E-state index in [2.05, 4.69) is 0 Å². The standard InChI is InChI=1S/2C11H21NO3/c2*1-8-6-14-7-9(2)12(8)10(13)15-11(3,4)5/h2*8-9H,6-7H2,1-5H3/t8-,9+;8-,9-/m.0/s1. The quantitative estimate of drug-likeness (QED) is 0.577. The molecular formula is C22H42N2O6. The molecule has 30 heavy (non-hydrogen) atoms. The van der Waals surface area contributed by atoms with Gasteiger partial charge in [-0.15, -0.1) is 0 Å². The van der Waals surface area contributed by atoms with Crippen LogP contribution in [0.2, 0.25) is 0 Å². The highest BCUT2D eigenvalue weighted by atomic mass is 16.6. The van der Waals surface area contributed by atoms with Crippen molar-refractivity contribution >= 4 is 12.2 Å². The van der Waals surface area contributed by atoms with E-state index in [-0.39, 0.29) is 36.4 Å². The van der Waals surface area contributed by atoms with Crippen LogP contribution in [-0.2, 0) is 18.9 Å². The Morgan fingerprint density at radius 2 is 0.867 bits per heavy atom. The van der Waals surface area contributed by atoms with Crippen LogP contribution in [0, 0.1) is 0 Å². The molecule has 2 rings (SSSR count). The van der Waals surface area contributed by atoms with Crippen molar-refractivity contribution in [2.24, 2.45) is 0 Å². The normalized spacial score (nSPS) is 27.7. The molecule has 0 aromatic rings. The van der Waals surface area contributed by atoms with E-state index in [9.17, 15) is 9.59 Å². The van der Waals surface area contributed by atoms with Gasteiger partial charge in [0.2, 0.25) is 0 Å². The smallest absolute Gasteiger partial charge is 0.410 e. The second-order valence-electron chi connectivity index (χ2n) is 10.2. The van der Waals surface area contributed by atoms with Gasteiger partial charge in [0.15, 0.2) is 0 Å². The lowest BCUT2D eigenvalue weighted by Gasteiger charge is -2.39. The molecule has 0 aromatic heterocycles. The summed E-state index contributed by atoms with van der Waals surface area (Å²) in [7, 11) is 0. The molecule has 2 saturated heterocycles. The summed E-state index contributed by atoms with van der Waals surface area (Å²) in [6, 6.07) is 0.347. The zero-order valence-electron chi connectivity index (χ0n) is 20.5. The van der Waals surface area contributed by atoms with E-state index in [4.69, 9.17) is 18.9 Å². The van der Waals surface area contributed by atoms with Gasteiger partial charge in [-0.2, -0.15) is 0 Å². The minimum atomic E-state index is -0.436. The summed E-state index contributed by atoms with van der Waals surface area (Å²) in [4.78, 5) is 27.3. The van der Waals surface area contributed by atoms with Crippen molar-refractivity contribution in [3.63, 3.8) is 0 Å². The Morgan fingerprint density at radius 3 is 1.07 bits per heavy atom. The van der Waals surface area contributed by atoms with Crippen molar-refractivity contribution in [1.29, 1.82) is 0 Å². The summed E-state index contributed by atoms with van der Waals surface area (Å²) in [5.74, 6) is 0. The Morgan fingerprint density at radius 1 is 0.633 bits per heavy atom. The number of carbonyl (C=O) groups is 2. The van der Waals surface area contributed by atoms with E-state index in [1.807, 2.05) is 69.2 Å². The van der Waals surface area contributed by atoms with Crippen LogP contribution in [0.25, 0.3) is 0 Å². The van der Waals surface area contributed by atoms with Crippen LogP contribution in [0.15, 0.2) is 0 Å². The van der Waals surface area contributed by atoms with Crippen molar-refractivity contribution in [2.75, 3.05) is 26.4 Å². The molecule has 0 N–H and O–H groups in total. The largest absolute Gasteiger partial charge is 0.444 e. The van der Waals surface area contributed by atoms with Crippen LogP contribution >= 0.6 is 0 Å². The Labute approximate surface area is 182 Å². The second kappa shape index (κ2) is 10.7. The van der Waals surface area contributed by atoms with Crippen molar-refractivity contribution in [1.82, 2.24) is 9.80 Å². The highest BCUT2D eigenvalue weighted by Gasteiger charge is 2.34. The van der Waals surface area contributed by atoms with Gasteiger partial charge < -0.3 is 18.9 Å². The molecule has 2 aliphatic rings. The molecule has 0 aliphatic carbocycles. The average Bonchev–Trinajstić information content (AvgIpc) is 2.51.